The number of carbonyl (C=O) groups excluding carboxylic acids is 2. The monoisotopic (exact) mass is 348 g/mol. The predicted octanol–water partition coefficient (Wildman–Crippen LogP) is 1.74. The molecule has 0 aromatic carbocycles. The van der Waals surface area contributed by atoms with Crippen molar-refractivity contribution in [2.24, 2.45) is 0 Å². The molecule has 1 aromatic heterocycles. The maximum absolute atomic E-state index is 12.0. The predicted molar refractivity (Wildman–Crippen MR) is 78.5 cm³/mol. The van der Waals surface area contributed by atoms with Crippen LogP contribution in [0.2, 0.25) is 0 Å². The van der Waals surface area contributed by atoms with Crippen LogP contribution in [0.25, 0.3) is 0 Å². The first-order chi connectivity index (χ1) is 9.04. The number of ether oxygens (including phenoxy) is 1. The van der Waals surface area contributed by atoms with Gasteiger partial charge >= 0.3 is 0 Å². The van der Waals surface area contributed by atoms with E-state index in [4.69, 9.17) is 4.74 Å². The Morgan fingerprint density at radius 2 is 2.26 bits per heavy atom. The summed E-state index contributed by atoms with van der Waals surface area (Å²) in [6, 6.07) is 1.75. The number of nitrogens with zero attached hydrogens (tertiary/aromatic N) is 1. The zero-order chi connectivity index (χ0) is 14.3. The van der Waals surface area contributed by atoms with Gasteiger partial charge in [0.1, 0.15) is 0 Å². The van der Waals surface area contributed by atoms with E-state index in [1.807, 2.05) is 0 Å². The zero-order valence-corrected chi connectivity index (χ0v) is 13.3. The summed E-state index contributed by atoms with van der Waals surface area (Å²) < 4.78 is 5.78. The molecule has 5 nitrogen and oxygen atoms in total. The topological polar surface area (TPSA) is 58.6 Å². The molecule has 0 saturated carbocycles. The molecule has 7 heteroatoms. The second-order valence-corrected chi connectivity index (χ2v) is 6.29. The number of amides is 2. The van der Waals surface area contributed by atoms with Gasteiger partial charge in [-0.25, -0.2) is 0 Å². The second-order valence-electron chi connectivity index (χ2n) is 4.00. The third-order valence-corrected chi connectivity index (χ3v) is 3.89. The Morgan fingerprint density at radius 3 is 2.84 bits per heavy atom. The normalized spacial score (nSPS) is 10.3. The fourth-order valence-corrected chi connectivity index (χ4v) is 2.56. The van der Waals surface area contributed by atoms with Crippen LogP contribution in [0, 0.1) is 0 Å². The number of nitrogens with one attached hydrogen (secondary N) is 1. The van der Waals surface area contributed by atoms with Gasteiger partial charge in [-0.15, -0.1) is 11.3 Å². The average molecular weight is 349 g/mol. The average Bonchev–Trinajstić information content (AvgIpc) is 2.80. The van der Waals surface area contributed by atoms with Crippen LogP contribution < -0.4 is 5.32 Å². The lowest BCUT2D eigenvalue weighted by atomic mass is 10.3. The van der Waals surface area contributed by atoms with Gasteiger partial charge in [0, 0.05) is 32.7 Å². The van der Waals surface area contributed by atoms with Gasteiger partial charge in [0.2, 0.25) is 5.91 Å². The second kappa shape index (κ2) is 8.29. The first-order valence-corrected chi connectivity index (χ1v) is 7.47. The fourth-order valence-electron chi connectivity index (χ4n) is 1.43. The van der Waals surface area contributed by atoms with Crippen LogP contribution in [-0.2, 0) is 9.53 Å². The van der Waals surface area contributed by atoms with Crippen LogP contribution in [0.3, 0.4) is 0 Å². The van der Waals surface area contributed by atoms with E-state index in [1.165, 1.54) is 16.2 Å². The SMILES string of the molecule is COCCCNC(=O)CN(C)C(=O)c1csc(Br)c1. The number of carbonyl (C=O) groups is 2. The molecule has 0 aliphatic heterocycles. The van der Waals surface area contributed by atoms with Gasteiger partial charge in [0.25, 0.3) is 5.91 Å². The number of hydrogen-bond donors (Lipinski definition) is 1. The quantitative estimate of drug-likeness (QED) is 0.763. The van der Waals surface area contributed by atoms with E-state index >= 15 is 0 Å². The standard InChI is InChI=1S/C12H17BrN2O3S/c1-15(7-11(16)14-4-3-5-18-2)12(17)9-6-10(13)19-8-9/h6,8H,3-5,7H2,1-2H3,(H,14,16). The van der Waals surface area contributed by atoms with Crippen LogP contribution in [0.5, 0.6) is 0 Å². The summed E-state index contributed by atoms with van der Waals surface area (Å²) in [6.07, 6.45) is 0.761. The Kier molecular flexibility index (Phi) is 7.04. The zero-order valence-electron chi connectivity index (χ0n) is 10.9. The van der Waals surface area contributed by atoms with Crippen LogP contribution >= 0.6 is 27.3 Å². The molecular weight excluding hydrogens is 332 g/mol. The molecule has 106 valence electrons. The molecule has 0 bridgehead atoms. The number of rotatable bonds is 7. The molecule has 0 saturated heterocycles. The lowest BCUT2D eigenvalue weighted by molar-refractivity contribution is -0.121. The van der Waals surface area contributed by atoms with E-state index in [0.29, 0.717) is 18.7 Å². The summed E-state index contributed by atoms with van der Waals surface area (Å²) in [6.45, 7) is 1.22. The summed E-state index contributed by atoms with van der Waals surface area (Å²) in [5.74, 6) is -0.324. The Morgan fingerprint density at radius 1 is 1.53 bits per heavy atom. The van der Waals surface area contributed by atoms with Crippen molar-refractivity contribution in [2.45, 2.75) is 6.42 Å². The van der Waals surface area contributed by atoms with Crippen molar-refractivity contribution in [3.05, 3.63) is 20.8 Å². The summed E-state index contributed by atoms with van der Waals surface area (Å²) in [7, 11) is 3.23. The Bertz CT molecular complexity index is 436. The molecule has 2 amide bonds. The van der Waals surface area contributed by atoms with Gasteiger partial charge in [-0.05, 0) is 28.4 Å². The molecule has 0 aliphatic rings. The van der Waals surface area contributed by atoms with E-state index in [2.05, 4.69) is 21.2 Å². The number of methoxy groups -OCH3 is 1. The number of halogens is 1. The van der Waals surface area contributed by atoms with Gasteiger partial charge in [-0.2, -0.15) is 0 Å². The van der Waals surface area contributed by atoms with Crippen LogP contribution in [0.4, 0.5) is 0 Å². The Hall–Kier alpha value is -0.920. The molecule has 1 aromatic rings. The van der Waals surface area contributed by atoms with E-state index in [1.54, 1.807) is 25.6 Å². The first-order valence-electron chi connectivity index (χ1n) is 5.79. The first kappa shape index (κ1) is 16.1. The number of thiophene rings is 1. The highest BCUT2D eigenvalue weighted by Crippen LogP contribution is 2.21. The summed E-state index contributed by atoms with van der Waals surface area (Å²) in [5, 5.41) is 4.50. The van der Waals surface area contributed by atoms with Crippen LogP contribution in [0.15, 0.2) is 15.2 Å². The van der Waals surface area contributed by atoms with Gasteiger partial charge < -0.3 is 15.0 Å². The summed E-state index contributed by atoms with van der Waals surface area (Å²) in [5.41, 5.74) is 0.589. The summed E-state index contributed by atoms with van der Waals surface area (Å²) in [4.78, 5) is 25.0. The highest BCUT2D eigenvalue weighted by molar-refractivity contribution is 9.11. The van der Waals surface area contributed by atoms with Crippen molar-refractivity contribution in [3.63, 3.8) is 0 Å². The van der Waals surface area contributed by atoms with E-state index < -0.39 is 0 Å². The van der Waals surface area contributed by atoms with Gasteiger partial charge in [0.15, 0.2) is 0 Å². The van der Waals surface area contributed by atoms with Crippen molar-refractivity contribution in [3.8, 4) is 0 Å². The third kappa shape index (κ3) is 5.71. The molecule has 0 aliphatic carbocycles. The molecular formula is C12H17BrN2O3S. The minimum atomic E-state index is -0.166. The largest absolute Gasteiger partial charge is 0.385 e. The molecule has 0 unspecified atom stereocenters. The van der Waals surface area contributed by atoms with E-state index in [0.717, 1.165) is 10.2 Å². The smallest absolute Gasteiger partial charge is 0.254 e. The van der Waals surface area contributed by atoms with Crippen molar-refractivity contribution < 1.29 is 14.3 Å². The maximum Gasteiger partial charge on any atom is 0.254 e. The lowest BCUT2D eigenvalue weighted by Crippen LogP contribution is -2.38. The maximum atomic E-state index is 12.0. The van der Waals surface area contributed by atoms with Crippen molar-refractivity contribution >= 4 is 39.1 Å². The summed E-state index contributed by atoms with van der Waals surface area (Å²) >= 11 is 4.75. The Balaban J connectivity index is 2.35. The van der Waals surface area contributed by atoms with Crippen LogP contribution in [-0.4, -0.2) is 50.6 Å². The Labute approximate surface area is 125 Å². The number of likely N-dealkylation sites (N-methyl/N-ethyl adjacent to an activating group) is 1. The molecule has 1 N–H and O–H groups in total. The van der Waals surface area contributed by atoms with Gasteiger partial charge in [0.05, 0.1) is 15.9 Å². The van der Waals surface area contributed by atoms with Gasteiger partial charge in [-0.3, -0.25) is 9.59 Å². The molecule has 0 atom stereocenters. The fraction of sp³-hybridized carbons (Fsp3) is 0.500. The minimum absolute atomic E-state index is 0.0548. The lowest BCUT2D eigenvalue weighted by Gasteiger charge is -2.16. The van der Waals surface area contributed by atoms with E-state index in [9.17, 15) is 9.59 Å². The van der Waals surface area contributed by atoms with E-state index in [-0.39, 0.29) is 18.4 Å². The molecule has 0 spiro atoms. The van der Waals surface area contributed by atoms with Gasteiger partial charge in [-0.1, -0.05) is 0 Å². The molecule has 0 fully saturated rings. The third-order valence-electron chi connectivity index (χ3n) is 2.39. The highest BCUT2D eigenvalue weighted by atomic mass is 79.9. The molecule has 0 radical (unpaired) electrons. The molecule has 1 heterocycles. The van der Waals surface area contributed by atoms with Crippen molar-refractivity contribution in [1.82, 2.24) is 10.2 Å². The molecule has 19 heavy (non-hydrogen) atoms. The number of hydrogen-bond acceptors (Lipinski definition) is 4. The van der Waals surface area contributed by atoms with Crippen molar-refractivity contribution in [2.75, 3.05) is 33.9 Å². The van der Waals surface area contributed by atoms with Crippen molar-refractivity contribution in [1.29, 1.82) is 0 Å². The van der Waals surface area contributed by atoms with Crippen LogP contribution in [0.1, 0.15) is 16.8 Å². The highest BCUT2D eigenvalue weighted by Gasteiger charge is 2.15. The molecule has 1 rings (SSSR count). The minimum Gasteiger partial charge on any atom is -0.385 e.